The molecule has 2 rings (SSSR count). The van der Waals surface area contributed by atoms with Crippen molar-refractivity contribution in [3.05, 3.63) is 11.2 Å². The van der Waals surface area contributed by atoms with Gasteiger partial charge in [-0.15, -0.1) is 0 Å². The fourth-order valence-corrected chi connectivity index (χ4v) is 2.33. The second-order valence-corrected chi connectivity index (χ2v) is 6.37. The molecule has 0 saturated carbocycles. The van der Waals surface area contributed by atoms with Gasteiger partial charge in [0.2, 0.25) is 5.95 Å². The highest BCUT2D eigenvalue weighted by Crippen LogP contribution is 2.21. The molecular formula is C13H20ClN5O2. The minimum absolute atomic E-state index is 0.00909. The van der Waals surface area contributed by atoms with Crippen LogP contribution in [0.4, 0.5) is 16.6 Å². The number of nitrogen functional groups attached to an aromatic ring is 1. The van der Waals surface area contributed by atoms with E-state index in [1.165, 1.54) is 0 Å². The molecule has 21 heavy (non-hydrogen) atoms. The molecule has 1 atom stereocenters. The lowest BCUT2D eigenvalue weighted by molar-refractivity contribution is 0.0509. The second kappa shape index (κ2) is 5.93. The van der Waals surface area contributed by atoms with Crippen LogP contribution in [0.2, 0.25) is 5.15 Å². The number of amides is 1. The highest BCUT2D eigenvalue weighted by molar-refractivity contribution is 6.29. The molecule has 1 aliphatic rings. The summed E-state index contributed by atoms with van der Waals surface area (Å²) in [6.45, 7) is 6.89. The number of carbonyl (C=O) groups is 1. The summed E-state index contributed by atoms with van der Waals surface area (Å²) in [6, 6.07) is 1.67. The molecule has 0 radical (unpaired) electrons. The van der Waals surface area contributed by atoms with Gasteiger partial charge in [0.05, 0.1) is 6.04 Å². The minimum atomic E-state index is -0.503. The first-order valence-corrected chi connectivity index (χ1v) is 7.15. The first kappa shape index (κ1) is 15.6. The van der Waals surface area contributed by atoms with Crippen LogP contribution in [0.1, 0.15) is 27.2 Å². The zero-order chi connectivity index (χ0) is 15.6. The summed E-state index contributed by atoms with van der Waals surface area (Å²) < 4.78 is 5.24. The van der Waals surface area contributed by atoms with E-state index >= 15 is 0 Å². The van der Waals surface area contributed by atoms with Crippen LogP contribution in [0.25, 0.3) is 0 Å². The Hall–Kier alpha value is -1.76. The second-order valence-electron chi connectivity index (χ2n) is 5.98. The van der Waals surface area contributed by atoms with Crippen molar-refractivity contribution < 1.29 is 9.53 Å². The summed E-state index contributed by atoms with van der Waals surface area (Å²) in [5.41, 5.74) is 5.09. The van der Waals surface area contributed by atoms with Gasteiger partial charge >= 0.3 is 6.09 Å². The number of aromatic nitrogens is 2. The number of halogens is 1. The van der Waals surface area contributed by atoms with Gasteiger partial charge < -0.3 is 20.7 Å². The van der Waals surface area contributed by atoms with Crippen molar-refractivity contribution in [1.82, 2.24) is 15.3 Å². The van der Waals surface area contributed by atoms with E-state index < -0.39 is 11.7 Å². The van der Waals surface area contributed by atoms with Crippen LogP contribution >= 0.6 is 11.6 Å². The van der Waals surface area contributed by atoms with Gasteiger partial charge in [0.25, 0.3) is 0 Å². The molecule has 1 amide bonds. The zero-order valence-corrected chi connectivity index (χ0v) is 13.1. The normalized spacial score (nSPS) is 18.7. The Balaban J connectivity index is 1.93. The Bertz CT molecular complexity index is 512. The van der Waals surface area contributed by atoms with Crippen LogP contribution < -0.4 is 16.0 Å². The molecule has 3 N–H and O–H groups in total. The van der Waals surface area contributed by atoms with Crippen molar-refractivity contribution in [3.8, 4) is 0 Å². The lowest BCUT2D eigenvalue weighted by Gasteiger charge is -2.22. The summed E-state index contributed by atoms with van der Waals surface area (Å²) in [5.74, 6) is 0.807. The summed E-state index contributed by atoms with van der Waals surface area (Å²) in [7, 11) is 0. The number of alkyl carbamates (subject to hydrolysis) is 1. The Morgan fingerprint density at radius 1 is 1.52 bits per heavy atom. The molecule has 8 heteroatoms. The van der Waals surface area contributed by atoms with Crippen molar-refractivity contribution in [2.75, 3.05) is 23.7 Å². The van der Waals surface area contributed by atoms with Gasteiger partial charge in [0.1, 0.15) is 16.6 Å². The highest BCUT2D eigenvalue weighted by atomic mass is 35.5. The average Bonchev–Trinajstić information content (AvgIpc) is 2.73. The van der Waals surface area contributed by atoms with Crippen LogP contribution in [-0.2, 0) is 4.74 Å². The molecule has 7 nitrogen and oxygen atoms in total. The topological polar surface area (TPSA) is 93.4 Å². The van der Waals surface area contributed by atoms with Crippen molar-refractivity contribution in [2.45, 2.75) is 38.8 Å². The van der Waals surface area contributed by atoms with Gasteiger partial charge in [-0.1, -0.05) is 11.6 Å². The monoisotopic (exact) mass is 313 g/mol. The number of nitrogens with zero attached hydrogens (tertiary/aromatic N) is 3. The molecule has 1 fully saturated rings. The number of hydrogen-bond donors (Lipinski definition) is 2. The Labute approximate surface area is 128 Å². The molecule has 2 heterocycles. The van der Waals surface area contributed by atoms with Gasteiger partial charge in [-0.25, -0.2) is 9.78 Å². The smallest absolute Gasteiger partial charge is 0.407 e. The summed E-state index contributed by atoms with van der Waals surface area (Å²) in [4.78, 5) is 21.7. The molecule has 0 bridgehead atoms. The molecule has 1 saturated heterocycles. The van der Waals surface area contributed by atoms with Gasteiger partial charge in [-0.05, 0) is 27.2 Å². The van der Waals surface area contributed by atoms with E-state index in [-0.39, 0.29) is 12.0 Å². The van der Waals surface area contributed by atoms with Crippen molar-refractivity contribution >= 4 is 29.5 Å². The third kappa shape index (κ3) is 4.63. The molecule has 116 valence electrons. The predicted octanol–water partition coefficient (Wildman–Crippen LogP) is 1.82. The lowest BCUT2D eigenvalue weighted by Crippen LogP contribution is -2.40. The maximum atomic E-state index is 11.7. The molecule has 1 aromatic heterocycles. The van der Waals surface area contributed by atoms with Gasteiger partial charge in [-0.3, -0.25) is 0 Å². The zero-order valence-electron chi connectivity index (χ0n) is 12.4. The van der Waals surface area contributed by atoms with Gasteiger partial charge in [-0.2, -0.15) is 4.98 Å². The Morgan fingerprint density at radius 2 is 2.24 bits per heavy atom. The summed E-state index contributed by atoms with van der Waals surface area (Å²) in [5, 5.41) is 3.16. The number of anilines is 2. The molecular weight excluding hydrogens is 294 g/mol. The van der Waals surface area contributed by atoms with Crippen LogP contribution in [0, 0.1) is 0 Å². The quantitative estimate of drug-likeness (QED) is 0.809. The highest BCUT2D eigenvalue weighted by Gasteiger charge is 2.27. The van der Waals surface area contributed by atoms with E-state index in [1.54, 1.807) is 6.07 Å². The van der Waals surface area contributed by atoms with E-state index in [2.05, 4.69) is 15.3 Å². The van der Waals surface area contributed by atoms with E-state index in [1.807, 2.05) is 25.7 Å². The van der Waals surface area contributed by atoms with Crippen LogP contribution in [0.15, 0.2) is 6.07 Å². The van der Waals surface area contributed by atoms with Crippen LogP contribution in [0.5, 0.6) is 0 Å². The molecule has 0 spiro atoms. The first-order valence-electron chi connectivity index (χ1n) is 6.77. The van der Waals surface area contributed by atoms with E-state index in [4.69, 9.17) is 22.1 Å². The van der Waals surface area contributed by atoms with Gasteiger partial charge in [0, 0.05) is 19.2 Å². The third-order valence-electron chi connectivity index (χ3n) is 2.93. The molecule has 0 aromatic carbocycles. The summed E-state index contributed by atoms with van der Waals surface area (Å²) in [6.07, 6.45) is 0.399. The van der Waals surface area contributed by atoms with Crippen molar-refractivity contribution in [2.24, 2.45) is 0 Å². The predicted molar refractivity (Wildman–Crippen MR) is 81.4 cm³/mol. The largest absolute Gasteiger partial charge is 0.444 e. The van der Waals surface area contributed by atoms with E-state index in [9.17, 15) is 4.79 Å². The Morgan fingerprint density at radius 3 is 2.86 bits per heavy atom. The van der Waals surface area contributed by atoms with E-state index in [0.717, 1.165) is 13.0 Å². The molecule has 0 aliphatic carbocycles. The maximum Gasteiger partial charge on any atom is 0.407 e. The molecule has 0 unspecified atom stereocenters. The van der Waals surface area contributed by atoms with Crippen molar-refractivity contribution in [1.29, 1.82) is 0 Å². The lowest BCUT2D eigenvalue weighted by atomic mass is 10.2. The Kier molecular flexibility index (Phi) is 4.41. The first-order chi connectivity index (χ1) is 9.73. The third-order valence-corrected chi connectivity index (χ3v) is 3.13. The van der Waals surface area contributed by atoms with Crippen molar-refractivity contribution in [3.63, 3.8) is 0 Å². The minimum Gasteiger partial charge on any atom is -0.444 e. The standard InChI is InChI=1S/C13H20ClN5O2/c1-13(2,3)21-12(20)16-8-4-5-19(7-8)10-6-9(14)17-11(15)18-10/h6,8H,4-5,7H2,1-3H3,(H,16,20)(H2,15,17,18)/t8-/m1/s1. The average molecular weight is 314 g/mol. The fourth-order valence-electron chi connectivity index (χ4n) is 2.15. The number of nitrogens with two attached hydrogens (primary N) is 1. The SMILES string of the molecule is CC(C)(C)OC(=O)N[C@@H]1CCN(c2cc(Cl)nc(N)n2)C1. The summed E-state index contributed by atoms with van der Waals surface area (Å²) >= 11 is 5.87. The fraction of sp³-hybridized carbons (Fsp3) is 0.615. The number of nitrogens with one attached hydrogen (secondary N) is 1. The number of carbonyl (C=O) groups excluding carboxylic acids is 1. The van der Waals surface area contributed by atoms with Crippen LogP contribution in [0.3, 0.4) is 0 Å². The number of rotatable bonds is 2. The molecule has 1 aromatic rings. The van der Waals surface area contributed by atoms with E-state index in [0.29, 0.717) is 17.5 Å². The molecule has 1 aliphatic heterocycles. The maximum absolute atomic E-state index is 11.7. The van der Waals surface area contributed by atoms with Crippen LogP contribution in [-0.4, -0.2) is 40.8 Å². The number of ether oxygens (including phenoxy) is 1. The van der Waals surface area contributed by atoms with Gasteiger partial charge in [0.15, 0.2) is 0 Å². The number of hydrogen-bond acceptors (Lipinski definition) is 6.